The van der Waals surface area contributed by atoms with Crippen LogP contribution >= 0.6 is 10.3 Å². The van der Waals surface area contributed by atoms with Gasteiger partial charge in [-0.2, -0.15) is 24.2 Å². The van der Waals surface area contributed by atoms with Gasteiger partial charge < -0.3 is 0 Å². The summed E-state index contributed by atoms with van der Waals surface area (Å²) in [5, 5.41) is 27.4. The van der Waals surface area contributed by atoms with Gasteiger partial charge in [0.15, 0.2) is 0 Å². The molecule has 3 rings (SSSR count). The standard InChI is InChI=1S/C22H15N3O3S2/c1-29(26,27)28-30(20-8-2-17(14-23)3-9-20,21-10-4-18(15-24)5-11-21)22-12-6-19(16-25)7-13-22/h2-13H,1H3. The average molecular weight is 434 g/mol. The van der Waals surface area contributed by atoms with Gasteiger partial charge in [0.05, 0.1) is 41.2 Å². The summed E-state index contributed by atoms with van der Waals surface area (Å²) < 4.78 is 30.6. The van der Waals surface area contributed by atoms with Gasteiger partial charge in [0.25, 0.3) is 10.1 Å². The largest absolute Gasteiger partial charge is 0.274 e. The molecular formula is C22H15N3O3S2. The minimum Gasteiger partial charge on any atom is -0.207 e. The van der Waals surface area contributed by atoms with Gasteiger partial charge in [-0.05, 0) is 83.1 Å². The minimum atomic E-state index is -3.93. The molecule has 0 aliphatic heterocycles. The van der Waals surface area contributed by atoms with Gasteiger partial charge in [0.2, 0.25) is 0 Å². The second-order valence-electron chi connectivity index (χ2n) is 6.24. The zero-order valence-electron chi connectivity index (χ0n) is 15.8. The van der Waals surface area contributed by atoms with Crippen molar-refractivity contribution in [2.45, 2.75) is 14.7 Å². The molecule has 0 saturated heterocycles. The van der Waals surface area contributed by atoms with Crippen LogP contribution in [0.1, 0.15) is 16.7 Å². The summed E-state index contributed by atoms with van der Waals surface area (Å²) in [5.41, 5.74) is 1.27. The fourth-order valence-electron chi connectivity index (χ4n) is 2.87. The Bertz CT molecular complexity index is 1160. The summed E-state index contributed by atoms with van der Waals surface area (Å²) in [4.78, 5) is 1.67. The van der Waals surface area contributed by atoms with E-state index in [-0.39, 0.29) is 0 Å². The topological polar surface area (TPSA) is 115 Å². The lowest BCUT2D eigenvalue weighted by atomic mass is 10.2. The van der Waals surface area contributed by atoms with E-state index >= 15 is 0 Å². The third-order valence-corrected chi connectivity index (χ3v) is 8.79. The first-order valence-electron chi connectivity index (χ1n) is 8.57. The maximum absolute atomic E-state index is 12.4. The van der Waals surface area contributed by atoms with Crippen molar-refractivity contribution in [1.29, 1.82) is 15.8 Å². The minimum absolute atomic E-state index is 0.422. The molecule has 0 bridgehead atoms. The Labute approximate surface area is 176 Å². The van der Waals surface area contributed by atoms with Gasteiger partial charge in [-0.3, -0.25) is 0 Å². The first kappa shape index (κ1) is 21.1. The Balaban J connectivity index is 2.38. The van der Waals surface area contributed by atoms with Gasteiger partial charge in [-0.25, -0.2) is 3.63 Å². The van der Waals surface area contributed by atoms with Crippen LogP contribution in [0, 0.1) is 34.0 Å². The Hall–Kier alpha value is -3.61. The molecule has 0 aromatic heterocycles. The van der Waals surface area contributed by atoms with Crippen molar-refractivity contribution in [3.05, 3.63) is 89.5 Å². The lowest BCUT2D eigenvalue weighted by molar-refractivity contribution is 0.515. The van der Waals surface area contributed by atoms with Crippen molar-refractivity contribution in [1.82, 2.24) is 0 Å². The lowest BCUT2D eigenvalue weighted by Gasteiger charge is -2.39. The fraction of sp³-hybridized carbons (Fsp3) is 0.0455. The maximum Gasteiger partial charge on any atom is 0.274 e. The van der Waals surface area contributed by atoms with Crippen molar-refractivity contribution in [2.24, 2.45) is 0 Å². The van der Waals surface area contributed by atoms with E-state index in [2.05, 4.69) is 0 Å². The van der Waals surface area contributed by atoms with Crippen LogP contribution in [-0.2, 0) is 13.7 Å². The molecule has 148 valence electrons. The molecule has 0 amide bonds. The van der Waals surface area contributed by atoms with Crippen LogP contribution in [0.3, 0.4) is 0 Å². The van der Waals surface area contributed by atoms with Gasteiger partial charge in [0.1, 0.15) is 0 Å². The van der Waals surface area contributed by atoms with E-state index in [9.17, 15) is 8.42 Å². The van der Waals surface area contributed by atoms with Crippen LogP contribution < -0.4 is 0 Å². The van der Waals surface area contributed by atoms with E-state index in [0.29, 0.717) is 31.4 Å². The van der Waals surface area contributed by atoms with Gasteiger partial charge in [-0.15, -0.1) is 0 Å². The predicted octanol–water partition coefficient (Wildman–Crippen LogP) is 4.47. The second-order valence-corrected chi connectivity index (χ2v) is 10.7. The number of benzene rings is 3. The monoisotopic (exact) mass is 433 g/mol. The van der Waals surface area contributed by atoms with Crippen molar-refractivity contribution < 1.29 is 12.0 Å². The average Bonchev–Trinajstić information content (AvgIpc) is 2.77. The van der Waals surface area contributed by atoms with E-state index in [0.717, 1.165) is 6.26 Å². The number of hydrogen-bond donors (Lipinski definition) is 0. The molecule has 0 heterocycles. The third kappa shape index (κ3) is 4.20. The Kier molecular flexibility index (Phi) is 5.91. The maximum atomic E-state index is 12.4. The molecule has 0 fully saturated rings. The molecule has 0 radical (unpaired) electrons. The Morgan fingerprint density at radius 1 is 0.600 bits per heavy atom. The molecule has 0 unspecified atom stereocenters. The second kappa shape index (κ2) is 8.41. The summed E-state index contributed by atoms with van der Waals surface area (Å²) in [6, 6.07) is 25.7. The number of nitrogens with zero attached hydrogens (tertiary/aromatic N) is 3. The summed E-state index contributed by atoms with van der Waals surface area (Å²) >= 11 is 0. The van der Waals surface area contributed by atoms with E-state index in [1.807, 2.05) is 18.2 Å². The molecule has 30 heavy (non-hydrogen) atoms. The highest BCUT2D eigenvalue weighted by molar-refractivity contribution is 8.33. The Morgan fingerprint density at radius 3 is 1.07 bits per heavy atom. The van der Waals surface area contributed by atoms with Crippen molar-refractivity contribution >= 4 is 20.4 Å². The first-order chi connectivity index (χ1) is 14.3. The molecule has 3 aromatic rings. The smallest absolute Gasteiger partial charge is 0.207 e. The molecule has 0 N–H and O–H groups in total. The van der Waals surface area contributed by atoms with Crippen LogP contribution in [-0.4, -0.2) is 14.7 Å². The van der Waals surface area contributed by atoms with Crippen molar-refractivity contribution in [3.8, 4) is 18.2 Å². The van der Waals surface area contributed by atoms with Crippen LogP contribution in [0.5, 0.6) is 0 Å². The Morgan fingerprint density at radius 2 is 0.867 bits per heavy atom. The molecule has 0 atom stereocenters. The van der Waals surface area contributed by atoms with Gasteiger partial charge >= 0.3 is 0 Å². The quantitative estimate of drug-likeness (QED) is 0.586. The highest BCUT2D eigenvalue weighted by atomic mass is 32.3. The molecule has 3 aromatic carbocycles. The highest BCUT2D eigenvalue weighted by Gasteiger charge is 2.36. The van der Waals surface area contributed by atoms with Crippen LogP contribution in [0.25, 0.3) is 0 Å². The lowest BCUT2D eigenvalue weighted by Crippen LogP contribution is -2.13. The van der Waals surface area contributed by atoms with Crippen LogP contribution in [0.4, 0.5) is 0 Å². The highest BCUT2D eigenvalue weighted by Crippen LogP contribution is 2.69. The number of hydrogen-bond acceptors (Lipinski definition) is 6. The number of nitriles is 3. The normalized spacial score (nSPS) is 11.7. The number of rotatable bonds is 5. The molecule has 6 nitrogen and oxygen atoms in total. The van der Waals surface area contributed by atoms with E-state index in [1.165, 1.54) is 0 Å². The zero-order valence-corrected chi connectivity index (χ0v) is 17.4. The molecule has 8 heteroatoms. The van der Waals surface area contributed by atoms with E-state index < -0.39 is 20.4 Å². The zero-order chi connectivity index (χ0) is 21.8. The summed E-state index contributed by atoms with van der Waals surface area (Å²) in [6.45, 7) is 0. The van der Waals surface area contributed by atoms with Gasteiger partial charge in [-0.1, -0.05) is 0 Å². The summed E-state index contributed by atoms with van der Waals surface area (Å²) in [5.74, 6) is 0. The van der Waals surface area contributed by atoms with Crippen molar-refractivity contribution in [2.75, 3.05) is 6.26 Å². The summed E-state index contributed by atoms with van der Waals surface area (Å²) in [7, 11) is -6.71. The molecular weight excluding hydrogens is 418 g/mol. The van der Waals surface area contributed by atoms with Crippen molar-refractivity contribution in [3.63, 3.8) is 0 Å². The SMILES string of the molecule is CS(=O)(=O)OS(c1ccc(C#N)cc1)(c1ccc(C#N)cc1)c1ccc(C#N)cc1. The first-order valence-corrected chi connectivity index (χ1v) is 11.9. The predicted molar refractivity (Wildman–Crippen MR) is 112 cm³/mol. The van der Waals surface area contributed by atoms with Crippen LogP contribution in [0.15, 0.2) is 87.5 Å². The van der Waals surface area contributed by atoms with E-state index in [1.54, 1.807) is 72.8 Å². The fourth-order valence-corrected chi connectivity index (χ4v) is 7.68. The summed E-state index contributed by atoms with van der Waals surface area (Å²) in [6.07, 6.45) is 0.978. The molecule has 0 aliphatic carbocycles. The van der Waals surface area contributed by atoms with Crippen LogP contribution in [0.2, 0.25) is 0 Å². The molecule has 0 spiro atoms. The molecule has 0 aliphatic rings. The third-order valence-electron chi connectivity index (χ3n) is 4.17. The molecule has 0 saturated carbocycles. The van der Waals surface area contributed by atoms with E-state index in [4.69, 9.17) is 19.4 Å². The van der Waals surface area contributed by atoms with Gasteiger partial charge in [0, 0.05) is 14.7 Å².